The monoisotopic (exact) mass is 460 g/mol. The Hall–Kier alpha value is -4.46. The lowest BCUT2D eigenvalue weighted by molar-refractivity contribution is 0.660. The van der Waals surface area contributed by atoms with Crippen molar-refractivity contribution in [1.82, 2.24) is 29.5 Å². The lowest BCUT2D eigenvalue weighted by atomic mass is 9.93. The van der Waals surface area contributed by atoms with Crippen molar-refractivity contribution in [2.75, 3.05) is 0 Å². The predicted molar refractivity (Wildman–Crippen MR) is 134 cm³/mol. The molecule has 0 aliphatic heterocycles. The third-order valence-electron chi connectivity index (χ3n) is 6.76. The largest absolute Gasteiger partial charge is 0.286 e. The number of hydrogen-bond acceptors (Lipinski definition) is 6. The second-order valence-corrected chi connectivity index (χ2v) is 8.88. The van der Waals surface area contributed by atoms with Gasteiger partial charge in [0.1, 0.15) is 11.5 Å². The Bertz CT molecular complexity index is 1620. The highest BCUT2D eigenvalue weighted by Crippen LogP contribution is 2.49. The van der Waals surface area contributed by atoms with E-state index in [1.54, 1.807) is 12.4 Å². The molecular formula is C27H24N8. The minimum absolute atomic E-state index is 0.0453. The first-order valence-corrected chi connectivity index (χ1v) is 11.7. The van der Waals surface area contributed by atoms with Crippen molar-refractivity contribution in [3.8, 4) is 22.4 Å². The van der Waals surface area contributed by atoms with E-state index in [2.05, 4.69) is 33.2 Å². The van der Waals surface area contributed by atoms with Gasteiger partial charge in [-0.3, -0.25) is 20.5 Å². The van der Waals surface area contributed by atoms with Gasteiger partial charge >= 0.3 is 0 Å². The number of hydrogen-bond donors (Lipinski definition) is 2. The summed E-state index contributed by atoms with van der Waals surface area (Å²) >= 11 is 0. The number of nitrogens with zero attached hydrogens (tertiary/aromatic N) is 6. The van der Waals surface area contributed by atoms with Crippen LogP contribution in [0.25, 0.3) is 33.3 Å². The molecule has 35 heavy (non-hydrogen) atoms. The molecule has 0 saturated heterocycles. The molecule has 0 spiro atoms. The molecule has 5 aromatic rings. The van der Waals surface area contributed by atoms with Gasteiger partial charge in [0.05, 0.1) is 23.3 Å². The summed E-state index contributed by atoms with van der Waals surface area (Å²) in [7, 11) is 0. The van der Waals surface area contributed by atoms with Gasteiger partial charge in [0.25, 0.3) is 0 Å². The van der Waals surface area contributed by atoms with Crippen LogP contribution in [0.15, 0.2) is 79.4 Å². The molecule has 172 valence electrons. The van der Waals surface area contributed by atoms with Gasteiger partial charge in [-0.05, 0) is 49.1 Å². The molecule has 8 heteroatoms. The van der Waals surface area contributed by atoms with Crippen LogP contribution in [0.4, 0.5) is 0 Å². The van der Waals surface area contributed by atoms with Crippen LogP contribution in [-0.2, 0) is 12.0 Å². The van der Waals surface area contributed by atoms with E-state index in [1.165, 1.54) is 4.68 Å². The van der Waals surface area contributed by atoms with Crippen LogP contribution in [0.5, 0.6) is 0 Å². The minimum atomic E-state index is -0.457. The van der Waals surface area contributed by atoms with E-state index < -0.39 is 5.41 Å². The Morgan fingerprint density at radius 1 is 0.971 bits per heavy atom. The third kappa shape index (κ3) is 3.63. The van der Waals surface area contributed by atoms with E-state index in [4.69, 9.17) is 10.8 Å². The summed E-state index contributed by atoms with van der Waals surface area (Å²) in [5.41, 5.74) is 5.12. The normalized spacial score (nSPS) is 14.2. The smallest absolute Gasteiger partial charge is 0.244 e. The summed E-state index contributed by atoms with van der Waals surface area (Å²) in [5.74, 6) is 0.281. The zero-order valence-corrected chi connectivity index (χ0v) is 19.3. The fourth-order valence-corrected chi connectivity index (χ4v) is 4.53. The molecule has 2 N–H and O–H groups in total. The topological polar surface area (TPSA) is 109 Å². The van der Waals surface area contributed by atoms with Crippen molar-refractivity contribution in [2.45, 2.75) is 31.7 Å². The molecule has 0 radical (unpaired) electrons. The van der Waals surface area contributed by atoms with Crippen molar-refractivity contribution < 1.29 is 0 Å². The van der Waals surface area contributed by atoms with Crippen LogP contribution < -0.4 is 5.62 Å². The van der Waals surface area contributed by atoms with E-state index in [-0.39, 0.29) is 11.5 Å². The summed E-state index contributed by atoms with van der Waals surface area (Å²) in [6.07, 6.45) is 8.95. The Labute approximate surface area is 202 Å². The van der Waals surface area contributed by atoms with Gasteiger partial charge in [0.15, 0.2) is 0 Å². The summed E-state index contributed by atoms with van der Waals surface area (Å²) in [4.78, 5) is 8.66. The van der Waals surface area contributed by atoms with Crippen molar-refractivity contribution in [1.29, 1.82) is 10.8 Å². The number of pyridine rings is 1. The van der Waals surface area contributed by atoms with E-state index in [1.807, 2.05) is 65.6 Å². The summed E-state index contributed by atoms with van der Waals surface area (Å²) in [6, 6.07) is 18.1. The molecule has 3 heterocycles. The molecule has 0 amide bonds. The van der Waals surface area contributed by atoms with Crippen LogP contribution in [0.3, 0.4) is 0 Å². The Kier molecular flexibility index (Phi) is 4.88. The Balaban J connectivity index is 1.32. The van der Waals surface area contributed by atoms with Gasteiger partial charge in [0.2, 0.25) is 5.62 Å². The van der Waals surface area contributed by atoms with Crippen LogP contribution in [-0.4, -0.2) is 35.4 Å². The molecule has 1 saturated carbocycles. The summed E-state index contributed by atoms with van der Waals surface area (Å²) < 4.78 is 3.27. The quantitative estimate of drug-likeness (QED) is 0.299. The van der Waals surface area contributed by atoms with E-state index in [9.17, 15) is 0 Å². The van der Waals surface area contributed by atoms with Crippen molar-refractivity contribution in [3.63, 3.8) is 0 Å². The van der Waals surface area contributed by atoms with Crippen LogP contribution in [0.2, 0.25) is 0 Å². The Morgan fingerprint density at radius 3 is 2.51 bits per heavy atom. The number of fused-ring (bicyclic) bond motifs is 1. The highest BCUT2D eigenvalue weighted by atomic mass is 15.3. The van der Waals surface area contributed by atoms with Crippen LogP contribution in [0, 0.1) is 10.8 Å². The fourth-order valence-electron chi connectivity index (χ4n) is 4.53. The van der Waals surface area contributed by atoms with Crippen LogP contribution in [0.1, 0.15) is 25.3 Å². The molecule has 0 bridgehead atoms. The van der Waals surface area contributed by atoms with E-state index >= 15 is 0 Å². The van der Waals surface area contributed by atoms with E-state index in [0.717, 1.165) is 52.5 Å². The molecule has 8 nitrogen and oxygen atoms in total. The molecule has 6 rings (SSSR count). The number of aryl methyl sites for hydroxylation is 1. The van der Waals surface area contributed by atoms with Crippen molar-refractivity contribution in [2.24, 2.45) is 0 Å². The number of rotatable bonds is 5. The molecule has 0 atom stereocenters. The zero-order valence-electron chi connectivity index (χ0n) is 19.3. The first-order valence-electron chi connectivity index (χ1n) is 11.7. The number of benzene rings is 2. The lowest BCUT2D eigenvalue weighted by Gasteiger charge is -2.19. The molecule has 2 aromatic carbocycles. The van der Waals surface area contributed by atoms with Gasteiger partial charge in [-0.2, -0.15) is 14.9 Å². The SMILES string of the molecule is CCn1cc(-c2ccc(-c3cnc(=N)n(C(=N)C4(c5ccc6ncccc6c5)CC4)n3)cc2)cn1. The van der Waals surface area contributed by atoms with Crippen LogP contribution >= 0.6 is 0 Å². The average molecular weight is 461 g/mol. The molecule has 0 unspecified atom stereocenters. The summed E-state index contributed by atoms with van der Waals surface area (Å²) in [5, 5.41) is 27.4. The zero-order chi connectivity index (χ0) is 24.0. The van der Waals surface area contributed by atoms with Gasteiger partial charge < -0.3 is 0 Å². The predicted octanol–water partition coefficient (Wildman–Crippen LogP) is 4.41. The van der Waals surface area contributed by atoms with Gasteiger partial charge in [-0.15, -0.1) is 0 Å². The summed E-state index contributed by atoms with van der Waals surface area (Å²) in [6.45, 7) is 2.89. The van der Waals surface area contributed by atoms with Gasteiger partial charge in [0, 0.05) is 35.5 Å². The standard InChI is InChI=1S/C27H24N8/c1-2-34-17-21(15-32-34)18-5-7-19(8-6-18)24-16-31-26(29)35(33-24)25(28)27(11-12-27)22-9-10-23-20(14-22)4-3-13-30-23/h3-10,13-17,28-29H,2,11-12H2,1H3. The lowest BCUT2D eigenvalue weighted by Crippen LogP contribution is -2.38. The van der Waals surface area contributed by atoms with Gasteiger partial charge in [-0.1, -0.05) is 36.4 Å². The molecular weight excluding hydrogens is 436 g/mol. The number of aromatic nitrogens is 6. The van der Waals surface area contributed by atoms with Gasteiger partial charge in [-0.25, -0.2) is 4.98 Å². The maximum absolute atomic E-state index is 9.02. The highest BCUT2D eigenvalue weighted by molar-refractivity contribution is 5.95. The molecule has 1 aliphatic carbocycles. The average Bonchev–Trinajstić information content (AvgIpc) is 3.58. The van der Waals surface area contributed by atoms with Crippen molar-refractivity contribution >= 4 is 16.7 Å². The molecule has 1 aliphatic rings. The van der Waals surface area contributed by atoms with Crippen molar-refractivity contribution in [3.05, 3.63) is 90.6 Å². The maximum atomic E-state index is 9.02. The number of nitrogens with one attached hydrogen (secondary N) is 2. The fraction of sp³-hybridized carbons (Fsp3) is 0.185. The first-order chi connectivity index (χ1) is 17.1. The minimum Gasteiger partial charge on any atom is -0.286 e. The Morgan fingerprint density at radius 2 is 1.77 bits per heavy atom. The first kappa shape index (κ1) is 21.1. The van der Waals surface area contributed by atoms with E-state index in [0.29, 0.717) is 5.69 Å². The third-order valence-corrected chi connectivity index (χ3v) is 6.76. The highest BCUT2D eigenvalue weighted by Gasteiger charge is 2.50. The second kappa shape index (κ2) is 8.09. The second-order valence-electron chi connectivity index (χ2n) is 8.88. The molecule has 1 fully saturated rings. The maximum Gasteiger partial charge on any atom is 0.244 e. The molecule has 3 aromatic heterocycles.